The average Bonchev–Trinajstić information content (AvgIpc) is 2.10. The summed E-state index contributed by atoms with van der Waals surface area (Å²) in [5.41, 5.74) is 0. The molecule has 0 saturated heterocycles. The third-order valence-electron chi connectivity index (χ3n) is 2.83. The highest BCUT2D eigenvalue weighted by atomic mass is 28.3. The third kappa shape index (κ3) is 2.45. The van der Waals surface area contributed by atoms with Crippen molar-refractivity contribution in [3.05, 3.63) is 23.1 Å². The molecule has 2 unspecified atom stereocenters. The van der Waals surface area contributed by atoms with Gasteiger partial charge in [-0.3, -0.25) is 0 Å². The van der Waals surface area contributed by atoms with Crippen molar-refractivity contribution in [2.75, 3.05) is 0 Å². The molecule has 1 aliphatic heterocycles. The zero-order valence-corrected chi connectivity index (χ0v) is 10.5. The van der Waals surface area contributed by atoms with Crippen LogP contribution in [-0.4, -0.2) is 15.1 Å². The summed E-state index contributed by atoms with van der Waals surface area (Å²) in [5, 5.41) is 1.81. The van der Waals surface area contributed by atoms with E-state index >= 15 is 0 Å². The molecule has 1 aliphatic rings. The summed E-state index contributed by atoms with van der Waals surface area (Å²) in [5.74, 6) is -1.64. The molecule has 0 aliphatic carbocycles. The van der Waals surface area contributed by atoms with Crippen LogP contribution in [0.5, 0.6) is 0 Å². The van der Waals surface area contributed by atoms with Crippen LogP contribution in [0.3, 0.4) is 0 Å². The fraction of sp³-hybridized carbons (Fsp3) is 0.600. The largest absolute Gasteiger partial charge is 0.354 e. The van der Waals surface area contributed by atoms with Crippen LogP contribution < -0.4 is 5.32 Å². The smallest absolute Gasteiger partial charge is 0.221 e. The van der Waals surface area contributed by atoms with E-state index in [1.807, 2.05) is 32.6 Å². The summed E-state index contributed by atoms with van der Waals surface area (Å²) in [4.78, 5) is 0. The Hall–Kier alpha value is -0.713. The van der Waals surface area contributed by atoms with E-state index in [4.69, 9.17) is 0 Å². The molecule has 1 nitrogen and oxygen atoms in total. The van der Waals surface area contributed by atoms with E-state index in [9.17, 15) is 13.2 Å². The van der Waals surface area contributed by atoms with Crippen molar-refractivity contribution in [1.82, 2.24) is 5.32 Å². The molecular weight excluding hydrogens is 219 g/mol. The lowest BCUT2D eigenvalue weighted by molar-refractivity contribution is 0.287. The Morgan fingerprint density at radius 3 is 2.33 bits per heavy atom. The molecule has 0 amide bonds. The molecule has 1 heterocycles. The molecule has 0 aromatic heterocycles. The van der Waals surface area contributed by atoms with E-state index in [1.165, 1.54) is 0 Å². The molecule has 0 fully saturated rings. The van der Waals surface area contributed by atoms with E-state index in [0.717, 1.165) is 6.20 Å². The van der Waals surface area contributed by atoms with Crippen LogP contribution in [-0.2, 0) is 0 Å². The Labute approximate surface area is 89.7 Å². The lowest BCUT2D eigenvalue weighted by Gasteiger charge is -2.30. The number of nitrogens with one attached hydrogen (secondary N) is 1. The molecule has 1 N–H and O–H groups in total. The van der Waals surface area contributed by atoms with Crippen molar-refractivity contribution >= 4 is 8.80 Å². The zero-order valence-electron chi connectivity index (χ0n) is 9.37. The molecule has 0 saturated carbocycles. The van der Waals surface area contributed by atoms with Gasteiger partial charge < -0.3 is 5.32 Å². The van der Waals surface area contributed by atoms with Gasteiger partial charge in [-0.1, -0.05) is 27.3 Å². The fourth-order valence-electron chi connectivity index (χ4n) is 1.39. The maximum atomic E-state index is 13.5. The Morgan fingerprint density at radius 2 is 1.87 bits per heavy atom. The first-order valence-corrected chi connectivity index (χ1v) is 7.21. The van der Waals surface area contributed by atoms with Gasteiger partial charge in [0.2, 0.25) is 6.30 Å². The summed E-state index contributed by atoms with van der Waals surface area (Å²) >= 11 is 0. The molecule has 0 bridgehead atoms. The quantitative estimate of drug-likeness (QED) is 0.544. The van der Waals surface area contributed by atoms with E-state index in [2.05, 4.69) is 0 Å². The number of hydrogen-bond acceptors (Lipinski definition) is 1. The number of alkyl halides is 1. The molecule has 1 rings (SSSR count). The van der Waals surface area contributed by atoms with Crippen molar-refractivity contribution in [2.45, 2.75) is 38.7 Å². The van der Waals surface area contributed by atoms with Gasteiger partial charge in [0.15, 0.2) is 5.83 Å². The van der Waals surface area contributed by atoms with Gasteiger partial charge in [-0.15, -0.1) is 0 Å². The maximum absolute atomic E-state index is 13.5. The lowest BCUT2D eigenvalue weighted by Crippen LogP contribution is -2.33. The summed E-state index contributed by atoms with van der Waals surface area (Å²) in [6.45, 7) is 7.60. The third-order valence-corrected chi connectivity index (χ3v) is 6.84. The first-order valence-electron chi connectivity index (χ1n) is 4.91. The highest BCUT2D eigenvalue weighted by Gasteiger charge is 2.34. The Bertz CT molecular complexity index is 317. The number of hydrogen-bond donors (Lipinski definition) is 1. The second-order valence-electron chi connectivity index (χ2n) is 4.87. The van der Waals surface area contributed by atoms with Gasteiger partial charge in [-0.2, -0.15) is 0 Å². The van der Waals surface area contributed by atoms with Gasteiger partial charge >= 0.3 is 0 Å². The number of allylic oxidation sites excluding steroid dienone is 2. The normalized spacial score (nSPS) is 24.7. The van der Waals surface area contributed by atoms with Gasteiger partial charge in [0.1, 0.15) is 5.83 Å². The Balaban J connectivity index is 3.11. The van der Waals surface area contributed by atoms with Gasteiger partial charge in [0, 0.05) is 11.4 Å². The van der Waals surface area contributed by atoms with Gasteiger partial charge in [-0.25, -0.2) is 13.2 Å². The first kappa shape index (κ1) is 12.4. The van der Waals surface area contributed by atoms with Crippen LogP contribution in [0.1, 0.15) is 20.8 Å². The fourth-order valence-corrected chi connectivity index (χ4v) is 3.32. The standard InChI is InChI=1S/C10H16F3NSi/c1-10(2,3)15(4)8-6(11)5-14-9(13)7(8)12/h5,9,14-15H,1-4H3. The second kappa shape index (κ2) is 4.04. The van der Waals surface area contributed by atoms with Crippen molar-refractivity contribution < 1.29 is 13.2 Å². The van der Waals surface area contributed by atoms with Crippen LogP contribution in [0, 0.1) is 0 Å². The summed E-state index contributed by atoms with van der Waals surface area (Å²) in [7, 11) is -1.84. The predicted octanol–water partition coefficient (Wildman–Crippen LogP) is 3.12. The SMILES string of the molecule is C[SiH](C1=C(F)C(F)NC=C1F)C(C)(C)C. The molecular formula is C10H16F3NSi. The Morgan fingerprint density at radius 1 is 1.33 bits per heavy atom. The van der Waals surface area contributed by atoms with Crippen molar-refractivity contribution in [1.29, 1.82) is 0 Å². The van der Waals surface area contributed by atoms with Crippen molar-refractivity contribution in [3.63, 3.8) is 0 Å². The van der Waals surface area contributed by atoms with Gasteiger partial charge in [0.05, 0.1) is 8.80 Å². The predicted molar refractivity (Wildman–Crippen MR) is 58.1 cm³/mol. The molecule has 86 valence electrons. The van der Waals surface area contributed by atoms with Crippen LogP contribution in [0.2, 0.25) is 11.6 Å². The van der Waals surface area contributed by atoms with Crippen molar-refractivity contribution in [2.24, 2.45) is 0 Å². The van der Waals surface area contributed by atoms with E-state index in [-0.39, 0.29) is 10.2 Å². The van der Waals surface area contributed by atoms with E-state index < -0.39 is 26.7 Å². The second-order valence-corrected chi connectivity index (χ2v) is 8.62. The zero-order chi connectivity index (χ0) is 11.8. The van der Waals surface area contributed by atoms with Crippen LogP contribution in [0.4, 0.5) is 13.2 Å². The highest BCUT2D eigenvalue weighted by molar-refractivity contribution is 6.69. The van der Waals surface area contributed by atoms with Crippen LogP contribution in [0.15, 0.2) is 23.1 Å². The molecule has 2 atom stereocenters. The summed E-state index contributed by atoms with van der Waals surface area (Å²) in [6.07, 6.45) is -0.977. The monoisotopic (exact) mass is 235 g/mol. The van der Waals surface area contributed by atoms with Crippen LogP contribution >= 0.6 is 0 Å². The molecule has 0 aromatic rings. The van der Waals surface area contributed by atoms with Gasteiger partial charge in [0.25, 0.3) is 0 Å². The van der Waals surface area contributed by atoms with Crippen molar-refractivity contribution in [3.8, 4) is 0 Å². The Kier molecular flexibility index (Phi) is 3.33. The first-order chi connectivity index (χ1) is 6.75. The summed E-state index contributed by atoms with van der Waals surface area (Å²) < 4.78 is 39.9. The minimum absolute atomic E-state index is 0.0197. The highest BCUT2D eigenvalue weighted by Crippen LogP contribution is 2.37. The molecule has 15 heavy (non-hydrogen) atoms. The number of halogens is 3. The van der Waals surface area contributed by atoms with E-state index in [0.29, 0.717) is 0 Å². The molecule has 5 heteroatoms. The van der Waals surface area contributed by atoms with Gasteiger partial charge in [-0.05, 0) is 5.04 Å². The molecule has 0 aromatic carbocycles. The summed E-state index contributed by atoms with van der Waals surface area (Å²) in [6, 6.07) is 0. The number of dihydropyridines is 1. The van der Waals surface area contributed by atoms with Crippen LogP contribution in [0.25, 0.3) is 0 Å². The molecule has 0 radical (unpaired) electrons. The number of rotatable bonds is 1. The molecule has 0 spiro atoms. The average molecular weight is 235 g/mol. The topological polar surface area (TPSA) is 12.0 Å². The lowest BCUT2D eigenvalue weighted by atomic mass is 10.2. The minimum atomic E-state index is -1.89. The maximum Gasteiger partial charge on any atom is 0.221 e. The van der Waals surface area contributed by atoms with E-state index in [1.54, 1.807) is 0 Å². The minimum Gasteiger partial charge on any atom is -0.354 e.